The van der Waals surface area contributed by atoms with Gasteiger partial charge in [-0.3, -0.25) is 0 Å². The summed E-state index contributed by atoms with van der Waals surface area (Å²) >= 11 is 0. The van der Waals surface area contributed by atoms with E-state index in [0.717, 1.165) is 30.5 Å². The van der Waals surface area contributed by atoms with Gasteiger partial charge in [0.25, 0.3) is 0 Å². The first-order valence-electron chi connectivity index (χ1n) is 8.12. The maximum absolute atomic E-state index is 12.1. The third-order valence-electron chi connectivity index (χ3n) is 3.83. The Morgan fingerprint density at radius 2 is 2.22 bits per heavy atom. The molecule has 0 bridgehead atoms. The van der Waals surface area contributed by atoms with E-state index >= 15 is 0 Å². The highest BCUT2D eigenvalue weighted by atomic mass is 32.2. The Balaban J connectivity index is 1.92. The fourth-order valence-electron chi connectivity index (χ4n) is 2.39. The molecule has 0 aliphatic carbocycles. The van der Waals surface area contributed by atoms with Gasteiger partial charge in [0.1, 0.15) is 6.10 Å². The van der Waals surface area contributed by atoms with E-state index in [1.807, 2.05) is 44.2 Å². The Bertz CT molecular complexity index is 628. The molecule has 0 amide bonds. The minimum absolute atomic E-state index is 0.00444. The largest absolute Gasteiger partial charge is 0.497 e. The molecule has 1 aliphatic heterocycles. The van der Waals surface area contributed by atoms with Crippen molar-refractivity contribution in [1.29, 1.82) is 0 Å². The van der Waals surface area contributed by atoms with E-state index in [4.69, 9.17) is 4.74 Å². The summed E-state index contributed by atoms with van der Waals surface area (Å²) in [5.74, 6) is -0.00444. The molecule has 0 saturated carbocycles. The van der Waals surface area contributed by atoms with Crippen LogP contribution in [-0.4, -0.2) is 27.1 Å². The lowest BCUT2D eigenvalue weighted by Crippen LogP contribution is -2.33. The fourth-order valence-corrected chi connectivity index (χ4v) is 3.87. The SMILES string of the molecule is CC[C@H](C)NS(=O)(=O)Cc1cccc(NC[C@H]2CCC=CO2)c1. The summed E-state index contributed by atoms with van der Waals surface area (Å²) in [6.45, 7) is 4.54. The topological polar surface area (TPSA) is 67.4 Å². The molecule has 0 aromatic heterocycles. The van der Waals surface area contributed by atoms with E-state index in [-0.39, 0.29) is 17.9 Å². The second kappa shape index (κ2) is 8.36. The average molecular weight is 338 g/mol. The van der Waals surface area contributed by atoms with Gasteiger partial charge < -0.3 is 10.1 Å². The van der Waals surface area contributed by atoms with Crippen molar-refractivity contribution in [3.63, 3.8) is 0 Å². The minimum atomic E-state index is -3.31. The number of sulfonamides is 1. The molecule has 2 N–H and O–H groups in total. The molecule has 23 heavy (non-hydrogen) atoms. The Morgan fingerprint density at radius 3 is 2.91 bits per heavy atom. The van der Waals surface area contributed by atoms with Crippen molar-refractivity contribution in [1.82, 2.24) is 4.72 Å². The summed E-state index contributed by atoms with van der Waals surface area (Å²) in [5, 5.41) is 3.32. The normalized spacial score (nSPS) is 19.1. The summed E-state index contributed by atoms with van der Waals surface area (Å²) in [7, 11) is -3.31. The van der Waals surface area contributed by atoms with Crippen molar-refractivity contribution in [2.45, 2.75) is 51.0 Å². The molecule has 0 saturated heterocycles. The molecule has 6 heteroatoms. The molecular weight excluding hydrogens is 312 g/mol. The molecule has 128 valence electrons. The molecule has 1 aliphatic rings. The van der Waals surface area contributed by atoms with Crippen LogP contribution in [0.5, 0.6) is 0 Å². The molecule has 5 nitrogen and oxygen atoms in total. The van der Waals surface area contributed by atoms with Crippen molar-refractivity contribution in [2.75, 3.05) is 11.9 Å². The maximum Gasteiger partial charge on any atom is 0.216 e. The van der Waals surface area contributed by atoms with Crippen LogP contribution in [0.4, 0.5) is 5.69 Å². The average Bonchev–Trinajstić information content (AvgIpc) is 2.53. The first kappa shape index (κ1) is 17.8. The quantitative estimate of drug-likeness (QED) is 0.764. The number of benzene rings is 1. The molecule has 0 fully saturated rings. The van der Waals surface area contributed by atoms with Crippen LogP contribution in [0.1, 0.15) is 38.7 Å². The van der Waals surface area contributed by atoms with Crippen LogP contribution < -0.4 is 10.0 Å². The van der Waals surface area contributed by atoms with Crippen LogP contribution in [0.25, 0.3) is 0 Å². The monoisotopic (exact) mass is 338 g/mol. The zero-order valence-electron chi connectivity index (χ0n) is 13.8. The molecular formula is C17H26N2O3S. The standard InChI is InChI=1S/C17H26N2O3S/c1-3-14(2)19-23(20,21)13-15-7-6-8-16(11-15)18-12-17-9-4-5-10-22-17/h5-8,10-11,14,17-19H,3-4,9,12-13H2,1-2H3/t14-,17+/m0/s1. The highest BCUT2D eigenvalue weighted by Gasteiger charge is 2.15. The number of ether oxygens (including phenoxy) is 1. The third kappa shape index (κ3) is 6.23. The van der Waals surface area contributed by atoms with Gasteiger partial charge in [-0.15, -0.1) is 0 Å². The first-order valence-corrected chi connectivity index (χ1v) is 9.77. The van der Waals surface area contributed by atoms with E-state index in [0.29, 0.717) is 6.54 Å². The Kier molecular flexibility index (Phi) is 6.47. The van der Waals surface area contributed by atoms with Crippen molar-refractivity contribution >= 4 is 15.7 Å². The zero-order chi connectivity index (χ0) is 16.7. The van der Waals surface area contributed by atoms with Crippen LogP contribution in [0.15, 0.2) is 36.6 Å². The highest BCUT2D eigenvalue weighted by Crippen LogP contribution is 2.15. The van der Waals surface area contributed by atoms with Gasteiger partial charge in [0.15, 0.2) is 0 Å². The van der Waals surface area contributed by atoms with Gasteiger partial charge in [0.2, 0.25) is 10.0 Å². The number of hydrogen-bond donors (Lipinski definition) is 2. The summed E-state index contributed by atoms with van der Waals surface area (Å²) in [6.07, 6.45) is 6.74. The van der Waals surface area contributed by atoms with Gasteiger partial charge in [0, 0.05) is 11.7 Å². The summed E-state index contributed by atoms with van der Waals surface area (Å²) < 4.78 is 32.5. The number of nitrogens with one attached hydrogen (secondary N) is 2. The summed E-state index contributed by atoms with van der Waals surface area (Å²) in [6, 6.07) is 7.49. The van der Waals surface area contributed by atoms with E-state index in [9.17, 15) is 8.42 Å². The van der Waals surface area contributed by atoms with E-state index in [1.165, 1.54) is 0 Å². The number of hydrogen-bond acceptors (Lipinski definition) is 4. The van der Waals surface area contributed by atoms with Crippen LogP contribution in [0.2, 0.25) is 0 Å². The Hall–Kier alpha value is -1.53. The fraction of sp³-hybridized carbons (Fsp3) is 0.529. The van der Waals surface area contributed by atoms with Crippen molar-refractivity contribution in [3.8, 4) is 0 Å². The predicted molar refractivity (Wildman–Crippen MR) is 93.7 cm³/mol. The van der Waals surface area contributed by atoms with Gasteiger partial charge in [-0.1, -0.05) is 19.1 Å². The van der Waals surface area contributed by atoms with Crippen LogP contribution in [0, 0.1) is 0 Å². The lowest BCUT2D eigenvalue weighted by Gasteiger charge is -2.20. The molecule has 2 rings (SSSR count). The molecule has 1 heterocycles. The lowest BCUT2D eigenvalue weighted by molar-refractivity contribution is 0.135. The zero-order valence-corrected chi connectivity index (χ0v) is 14.6. The number of allylic oxidation sites excluding steroid dienone is 1. The molecule has 0 spiro atoms. The summed E-state index contributed by atoms with van der Waals surface area (Å²) in [4.78, 5) is 0. The second-order valence-corrected chi connectivity index (χ2v) is 7.73. The van der Waals surface area contributed by atoms with Crippen LogP contribution in [-0.2, 0) is 20.5 Å². The van der Waals surface area contributed by atoms with Crippen LogP contribution >= 0.6 is 0 Å². The third-order valence-corrected chi connectivity index (χ3v) is 5.31. The molecule has 1 aromatic rings. The van der Waals surface area contributed by atoms with Gasteiger partial charge in [0.05, 0.1) is 18.6 Å². The number of anilines is 1. The maximum atomic E-state index is 12.1. The van der Waals surface area contributed by atoms with Crippen molar-refractivity contribution < 1.29 is 13.2 Å². The molecule has 0 radical (unpaired) electrons. The van der Waals surface area contributed by atoms with Gasteiger partial charge in [-0.25, -0.2) is 13.1 Å². The van der Waals surface area contributed by atoms with E-state index in [2.05, 4.69) is 10.0 Å². The lowest BCUT2D eigenvalue weighted by atomic mass is 10.1. The van der Waals surface area contributed by atoms with Crippen molar-refractivity contribution in [2.24, 2.45) is 0 Å². The second-order valence-electron chi connectivity index (χ2n) is 5.97. The Labute approximate surface area is 139 Å². The molecule has 1 aromatic carbocycles. The molecule has 0 unspecified atom stereocenters. The predicted octanol–water partition coefficient (Wildman–Crippen LogP) is 3.01. The summed E-state index contributed by atoms with van der Waals surface area (Å²) in [5.41, 5.74) is 1.69. The van der Waals surface area contributed by atoms with E-state index in [1.54, 1.807) is 6.26 Å². The van der Waals surface area contributed by atoms with Gasteiger partial charge in [-0.2, -0.15) is 0 Å². The minimum Gasteiger partial charge on any atom is -0.497 e. The van der Waals surface area contributed by atoms with Crippen LogP contribution in [0.3, 0.4) is 0 Å². The first-order chi connectivity index (χ1) is 11.0. The smallest absolute Gasteiger partial charge is 0.216 e. The van der Waals surface area contributed by atoms with Gasteiger partial charge in [-0.05, 0) is 50.0 Å². The molecule has 2 atom stereocenters. The number of rotatable bonds is 8. The highest BCUT2D eigenvalue weighted by molar-refractivity contribution is 7.88. The van der Waals surface area contributed by atoms with Crippen molar-refractivity contribution in [3.05, 3.63) is 42.2 Å². The Morgan fingerprint density at radius 1 is 1.39 bits per heavy atom. The van der Waals surface area contributed by atoms with Gasteiger partial charge >= 0.3 is 0 Å². The van der Waals surface area contributed by atoms with E-state index < -0.39 is 10.0 Å².